The third-order valence-corrected chi connectivity index (χ3v) is 3.38. The molecule has 0 bridgehead atoms. The van der Waals surface area contributed by atoms with Gasteiger partial charge in [0.15, 0.2) is 5.60 Å². The number of hydrogen-bond acceptors (Lipinski definition) is 3. The molecule has 0 spiro atoms. The molecule has 1 saturated heterocycles. The Hall–Kier alpha value is -0.610. The summed E-state index contributed by atoms with van der Waals surface area (Å²) in [5.74, 6) is -0.822. The smallest absolute Gasteiger partial charge is 0.336 e. The van der Waals surface area contributed by atoms with Gasteiger partial charge in [-0.3, -0.25) is 0 Å². The lowest BCUT2D eigenvalue weighted by Crippen LogP contribution is -2.48. The summed E-state index contributed by atoms with van der Waals surface area (Å²) in [5.41, 5.74) is -0.965. The Balaban J connectivity index is 2.00. The molecular formula is C11H18O4. The number of carbonyl (C=O) groups is 1. The molecule has 0 aromatic heterocycles. The van der Waals surface area contributed by atoms with Crippen molar-refractivity contribution in [3.8, 4) is 0 Å². The first-order chi connectivity index (χ1) is 7.23. The standard InChI is InChI=1S/C11H18O4/c12-10(13)11(5-7-14-8-6-11)15-9-3-1-2-4-9/h9H,1-8H2,(H,12,13). The monoisotopic (exact) mass is 214 g/mol. The lowest BCUT2D eigenvalue weighted by molar-refractivity contribution is -0.188. The van der Waals surface area contributed by atoms with Gasteiger partial charge in [-0.15, -0.1) is 0 Å². The molecule has 86 valence electrons. The lowest BCUT2D eigenvalue weighted by atomic mass is 9.94. The van der Waals surface area contributed by atoms with Crippen LogP contribution in [0.5, 0.6) is 0 Å². The van der Waals surface area contributed by atoms with E-state index in [4.69, 9.17) is 9.47 Å². The maximum Gasteiger partial charge on any atom is 0.336 e. The van der Waals surface area contributed by atoms with Crippen LogP contribution in [0.1, 0.15) is 38.5 Å². The zero-order valence-electron chi connectivity index (χ0n) is 8.91. The molecule has 0 aromatic carbocycles. The summed E-state index contributed by atoms with van der Waals surface area (Å²) in [4.78, 5) is 11.3. The summed E-state index contributed by atoms with van der Waals surface area (Å²) in [5, 5.41) is 9.27. The van der Waals surface area contributed by atoms with E-state index in [0.717, 1.165) is 25.7 Å². The van der Waals surface area contributed by atoms with Gasteiger partial charge < -0.3 is 14.6 Å². The Labute approximate surface area is 89.6 Å². The molecule has 2 fully saturated rings. The van der Waals surface area contributed by atoms with E-state index in [1.54, 1.807) is 0 Å². The van der Waals surface area contributed by atoms with Crippen molar-refractivity contribution < 1.29 is 19.4 Å². The summed E-state index contributed by atoms with van der Waals surface area (Å²) in [6.07, 6.45) is 5.47. The fourth-order valence-electron chi connectivity index (χ4n) is 2.41. The Morgan fingerprint density at radius 2 is 1.87 bits per heavy atom. The topological polar surface area (TPSA) is 55.8 Å². The zero-order chi connectivity index (χ0) is 10.7. The minimum absolute atomic E-state index is 0.152. The van der Waals surface area contributed by atoms with Gasteiger partial charge in [-0.05, 0) is 12.8 Å². The summed E-state index contributed by atoms with van der Waals surface area (Å²) >= 11 is 0. The molecule has 1 aliphatic carbocycles. The van der Waals surface area contributed by atoms with Crippen LogP contribution in [0.15, 0.2) is 0 Å². The van der Waals surface area contributed by atoms with E-state index in [9.17, 15) is 9.90 Å². The van der Waals surface area contributed by atoms with Crippen molar-refractivity contribution in [2.75, 3.05) is 13.2 Å². The Bertz CT molecular complexity index is 227. The van der Waals surface area contributed by atoms with Crippen LogP contribution in [0, 0.1) is 0 Å². The summed E-state index contributed by atoms with van der Waals surface area (Å²) < 4.78 is 11.0. The van der Waals surface area contributed by atoms with Crippen molar-refractivity contribution in [2.24, 2.45) is 0 Å². The second kappa shape index (κ2) is 4.49. The predicted molar refractivity (Wildman–Crippen MR) is 53.8 cm³/mol. The van der Waals surface area contributed by atoms with Crippen molar-refractivity contribution in [1.29, 1.82) is 0 Å². The number of rotatable bonds is 3. The first kappa shape index (κ1) is 10.9. The van der Waals surface area contributed by atoms with E-state index in [0.29, 0.717) is 26.1 Å². The van der Waals surface area contributed by atoms with Gasteiger partial charge in [-0.1, -0.05) is 12.8 Å². The molecule has 0 amide bonds. The quantitative estimate of drug-likeness (QED) is 0.775. The molecule has 1 aliphatic heterocycles. The third-order valence-electron chi connectivity index (χ3n) is 3.38. The highest BCUT2D eigenvalue weighted by Gasteiger charge is 2.43. The first-order valence-electron chi connectivity index (χ1n) is 5.72. The van der Waals surface area contributed by atoms with Crippen molar-refractivity contribution in [1.82, 2.24) is 0 Å². The van der Waals surface area contributed by atoms with Gasteiger partial charge >= 0.3 is 5.97 Å². The van der Waals surface area contributed by atoms with Crippen LogP contribution < -0.4 is 0 Å². The van der Waals surface area contributed by atoms with Gasteiger partial charge in [0.2, 0.25) is 0 Å². The highest BCUT2D eigenvalue weighted by atomic mass is 16.5. The van der Waals surface area contributed by atoms with E-state index in [1.165, 1.54) is 0 Å². The Morgan fingerprint density at radius 3 is 2.40 bits per heavy atom. The first-order valence-corrected chi connectivity index (χ1v) is 5.72. The van der Waals surface area contributed by atoms with Gasteiger partial charge in [-0.25, -0.2) is 4.79 Å². The molecule has 1 saturated carbocycles. The Morgan fingerprint density at radius 1 is 1.27 bits per heavy atom. The fourth-order valence-corrected chi connectivity index (χ4v) is 2.41. The molecule has 0 atom stereocenters. The van der Waals surface area contributed by atoms with E-state index in [-0.39, 0.29) is 6.10 Å². The van der Waals surface area contributed by atoms with E-state index >= 15 is 0 Å². The molecule has 2 aliphatic rings. The highest BCUT2D eigenvalue weighted by Crippen LogP contribution is 2.32. The van der Waals surface area contributed by atoms with Crippen LogP contribution in [-0.4, -0.2) is 36.0 Å². The lowest BCUT2D eigenvalue weighted by Gasteiger charge is -2.35. The van der Waals surface area contributed by atoms with Gasteiger partial charge in [0.1, 0.15) is 0 Å². The van der Waals surface area contributed by atoms with E-state index in [1.807, 2.05) is 0 Å². The molecule has 2 rings (SSSR count). The average molecular weight is 214 g/mol. The number of carboxylic acid groups (broad SMARTS) is 1. The second-order valence-corrected chi connectivity index (χ2v) is 4.44. The number of hydrogen-bond donors (Lipinski definition) is 1. The zero-order valence-corrected chi connectivity index (χ0v) is 8.91. The summed E-state index contributed by atoms with van der Waals surface area (Å²) in [7, 11) is 0. The normalized spacial score (nSPS) is 26.7. The van der Waals surface area contributed by atoms with Crippen LogP contribution in [-0.2, 0) is 14.3 Å². The maximum absolute atomic E-state index is 11.3. The van der Waals surface area contributed by atoms with Gasteiger partial charge in [0.05, 0.1) is 6.10 Å². The van der Waals surface area contributed by atoms with Crippen LogP contribution in [0.25, 0.3) is 0 Å². The maximum atomic E-state index is 11.3. The minimum Gasteiger partial charge on any atom is -0.479 e. The fraction of sp³-hybridized carbons (Fsp3) is 0.909. The number of carboxylic acids is 1. The minimum atomic E-state index is -0.965. The molecule has 1 heterocycles. The highest BCUT2D eigenvalue weighted by molar-refractivity contribution is 5.77. The molecule has 1 N–H and O–H groups in total. The van der Waals surface area contributed by atoms with Gasteiger partial charge in [0, 0.05) is 26.1 Å². The van der Waals surface area contributed by atoms with Gasteiger partial charge in [-0.2, -0.15) is 0 Å². The van der Waals surface area contributed by atoms with Crippen molar-refractivity contribution in [3.05, 3.63) is 0 Å². The van der Waals surface area contributed by atoms with Crippen molar-refractivity contribution in [3.63, 3.8) is 0 Å². The van der Waals surface area contributed by atoms with Crippen molar-refractivity contribution >= 4 is 5.97 Å². The van der Waals surface area contributed by atoms with Crippen molar-refractivity contribution in [2.45, 2.75) is 50.2 Å². The average Bonchev–Trinajstić information content (AvgIpc) is 2.71. The summed E-state index contributed by atoms with van der Waals surface area (Å²) in [6.45, 7) is 0.998. The third kappa shape index (κ3) is 2.32. The molecule has 0 aromatic rings. The molecular weight excluding hydrogens is 196 g/mol. The second-order valence-electron chi connectivity index (χ2n) is 4.44. The Kier molecular flexibility index (Phi) is 3.26. The predicted octanol–water partition coefficient (Wildman–Crippen LogP) is 1.58. The van der Waals surface area contributed by atoms with Crippen LogP contribution in [0.4, 0.5) is 0 Å². The SMILES string of the molecule is O=C(O)C1(OC2CCCC2)CCOCC1. The van der Waals surface area contributed by atoms with E-state index < -0.39 is 11.6 Å². The molecule has 0 unspecified atom stereocenters. The molecule has 0 radical (unpaired) electrons. The van der Waals surface area contributed by atoms with Gasteiger partial charge in [0.25, 0.3) is 0 Å². The van der Waals surface area contributed by atoms with Crippen LogP contribution in [0.2, 0.25) is 0 Å². The molecule has 4 heteroatoms. The number of ether oxygens (including phenoxy) is 2. The van der Waals surface area contributed by atoms with Crippen LogP contribution in [0.3, 0.4) is 0 Å². The largest absolute Gasteiger partial charge is 0.479 e. The van der Waals surface area contributed by atoms with Crippen LogP contribution >= 0.6 is 0 Å². The molecule has 15 heavy (non-hydrogen) atoms. The number of aliphatic carboxylic acids is 1. The molecule has 4 nitrogen and oxygen atoms in total. The van der Waals surface area contributed by atoms with E-state index in [2.05, 4.69) is 0 Å². The summed E-state index contributed by atoms with van der Waals surface area (Å²) in [6, 6.07) is 0.